The molecule has 0 fully saturated rings. The molecule has 0 saturated carbocycles. The summed E-state index contributed by atoms with van der Waals surface area (Å²) in [6.45, 7) is 0. The molecule has 0 aliphatic heterocycles. The van der Waals surface area contributed by atoms with E-state index in [9.17, 15) is 0 Å². The number of alkyl halides is 3. The zero-order valence-electron chi connectivity index (χ0n) is 3.83. The largest absolute Gasteiger partial charge is 0.0928 e. The Kier molecular flexibility index (Phi) is 6.72. The van der Waals surface area contributed by atoms with Gasteiger partial charge in [0.15, 0.2) is 0 Å². The van der Waals surface area contributed by atoms with Crippen LogP contribution >= 0.6 is 47.8 Å². The molecule has 0 saturated heterocycles. The lowest BCUT2D eigenvalue weighted by atomic mass is 10.4. The maximum Gasteiger partial charge on any atom is 0.0250 e. The summed E-state index contributed by atoms with van der Waals surface area (Å²) in [7, 11) is 0. The molecule has 0 aromatic heterocycles. The molecule has 0 aliphatic carbocycles. The van der Waals surface area contributed by atoms with Gasteiger partial charge in [-0.25, -0.2) is 0 Å². The van der Waals surface area contributed by atoms with Gasteiger partial charge in [-0.1, -0.05) is 47.8 Å². The van der Waals surface area contributed by atoms with Gasteiger partial charge >= 0.3 is 0 Å². The number of rotatable bonds is 3. The third-order valence-corrected chi connectivity index (χ3v) is 3.48. The molecule has 0 nitrogen and oxygen atoms in total. The van der Waals surface area contributed by atoms with E-state index in [2.05, 4.69) is 47.8 Å². The van der Waals surface area contributed by atoms with E-state index in [1.807, 2.05) is 0 Å². The van der Waals surface area contributed by atoms with E-state index < -0.39 is 0 Å². The van der Waals surface area contributed by atoms with Gasteiger partial charge < -0.3 is 0 Å². The van der Waals surface area contributed by atoms with Crippen LogP contribution in [0.4, 0.5) is 0 Å². The van der Waals surface area contributed by atoms with E-state index in [0.717, 1.165) is 10.7 Å². The molecule has 3 heteroatoms. The Morgan fingerprint density at radius 3 is 2.00 bits per heavy atom. The Labute approximate surface area is 69.4 Å². The number of halogens is 3. The molecule has 7 heavy (non-hydrogen) atoms. The summed E-state index contributed by atoms with van der Waals surface area (Å²) in [5.74, 6) is 0. The third kappa shape index (κ3) is 5.31. The fraction of sp³-hybridized carbons (Fsp3) is 1.00. The van der Waals surface area contributed by atoms with Crippen molar-refractivity contribution < 1.29 is 0 Å². The highest BCUT2D eigenvalue weighted by molar-refractivity contribution is 9.12. The molecule has 1 atom stereocenters. The standard InChI is InChI=1S/C4H7Br3/c5-2-1-4(7)3-6/h4H,1-3H2/t4-/m1/s1. The fourth-order valence-corrected chi connectivity index (χ4v) is 1.92. The van der Waals surface area contributed by atoms with Gasteiger partial charge in [-0.15, -0.1) is 0 Å². The normalized spacial score (nSPS) is 14.1. The van der Waals surface area contributed by atoms with E-state index in [1.54, 1.807) is 0 Å². The lowest BCUT2D eigenvalue weighted by Gasteiger charge is -1.98. The highest BCUT2D eigenvalue weighted by Crippen LogP contribution is 2.08. The van der Waals surface area contributed by atoms with Gasteiger partial charge in [0.25, 0.3) is 0 Å². The van der Waals surface area contributed by atoms with E-state index in [-0.39, 0.29) is 0 Å². The molecule has 0 N–H and O–H groups in total. The Hall–Kier alpha value is 1.44. The topological polar surface area (TPSA) is 0 Å². The van der Waals surface area contributed by atoms with Crippen LogP contribution < -0.4 is 0 Å². The van der Waals surface area contributed by atoms with Crippen molar-refractivity contribution in [2.45, 2.75) is 11.2 Å². The van der Waals surface area contributed by atoms with Crippen LogP contribution in [0.1, 0.15) is 6.42 Å². The highest BCUT2D eigenvalue weighted by Gasteiger charge is 1.96. The van der Waals surface area contributed by atoms with Crippen molar-refractivity contribution in [2.75, 3.05) is 10.7 Å². The second-order valence-corrected chi connectivity index (χ2v) is 3.96. The molecule has 0 aromatic rings. The minimum Gasteiger partial charge on any atom is -0.0928 e. The average molecular weight is 295 g/mol. The van der Waals surface area contributed by atoms with Gasteiger partial charge in [0.1, 0.15) is 0 Å². The smallest absolute Gasteiger partial charge is 0.0250 e. The van der Waals surface area contributed by atoms with Crippen molar-refractivity contribution in [3.8, 4) is 0 Å². The van der Waals surface area contributed by atoms with Crippen LogP contribution in [0.5, 0.6) is 0 Å². The van der Waals surface area contributed by atoms with Crippen LogP contribution in [0.15, 0.2) is 0 Å². The van der Waals surface area contributed by atoms with E-state index in [0.29, 0.717) is 4.83 Å². The minimum atomic E-state index is 0.631. The lowest BCUT2D eigenvalue weighted by Crippen LogP contribution is -1.97. The third-order valence-electron chi connectivity index (χ3n) is 0.590. The summed E-state index contributed by atoms with van der Waals surface area (Å²) in [5.41, 5.74) is 0. The van der Waals surface area contributed by atoms with E-state index >= 15 is 0 Å². The quantitative estimate of drug-likeness (QED) is 0.702. The molecule has 0 heterocycles. The minimum absolute atomic E-state index is 0.631. The first-order chi connectivity index (χ1) is 3.31. The SMILES string of the molecule is BrCC[C@@H](Br)CBr. The van der Waals surface area contributed by atoms with Crippen molar-refractivity contribution in [3.05, 3.63) is 0 Å². The van der Waals surface area contributed by atoms with E-state index in [1.165, 1.54) is 6.42 Å². The first-order valence-corrected chi connectivity index (χ1v) is 5.23. The van der Waals surface area contributed by atoms with Crippen molar-refractivity contribution in [1.82, 2.24) is 0 Å². The maximum absolute atomic E-state index is 3.46. The van der Waals surface area contributed by atoms with Crippen LogP contribution in [-0.4, -0.2) is 15.5 Å². The summed E-state index contributed by atoms with van der Waals surface area (Å²) in [4.78, 5) is 0.631. The Balaban J connectivity index is 2.83. The molecule has 0 rings (SSSR count). The van der Waals surface area contributed by atoms with Gasteiger partial charge in [0.05, 0.1) is 0 Å². The first kappa shape index (κ1) is 8.44. The van der Waals surface area contributed by atoms with Crippen molar-refractivity contribution in [1.29, 1.82) is 0 Å². The van der Waals surface area contributed by atoms with Crippen LogP contribution in [0.25, 0.3) is 0 Å². The van der Waals surface area contributed by atoms with Crippen LogP contribution in [-0.2, 0) is 0 Å². The van der Waals surface area contributed by atoms with Crippen molar-refractivity contribution in [2.24, 2.45) is 0 Å². The van der Waals surface area contributed by atoms with Gasteiger partial charge in [0, 0.05) is 15.5 Å². The molecular weight excluding hydrogens is 288 g/mol. The molecule has 0 amide bonds. The summed E-state index contributed by atoms with van der Waals surface area (Å²) in [6, 6.07) is 0. The monoisotopic (exact) mass is 292 g/mol. The Bertz CT molecular complexity index is 37.9. The predicted molar refractivity (Wildman–Crippen MR) is 44.9 cm³/mol. The fourth-order valence-electron chi connectivity index (χ4n) is 0.196. The summed E-state index contributed by atoms with van der Waals surface area (Å²) >= 11 is 10.1. The maximum atomic E-state index is 3.46. The Morgan fingerprint density at radius 1 is 1.29 bits per heavy atom. The first-order valence-electron chi connectivity index (χ1n) is 2.07. The molecule has 44 valence electrons. The van der Waals surface area contributed by atoms with Gasteiger partial charge in [-0.05, 0) is 6.42 Å². The second-order valence-electron chi connectivity index (χ2n) is 1.23. The number of hydrogen-bond acceptors (Lipinski definition) is 0. The molecule has 0 aromatic carbocycles. The van der Waals surface area contributed by atoms with E-state index in [4.69, 9.17) is 0 Å². The van der Waals surface area contributed by atoms with Crippen LogP contribution in [0, 0.1) is 0 Å². The van der Waals surface area contributed by atoms with Crippen LogP contribution in [0.3, 0.4) is 0 Å². The van der Waals surface area contributed by atoms with Gasteiger partial charge in [-0.3, -0.25) is 0 Å². The summed E-state index contributed by atoms with van der Waals surface area (Å²) in [6.07, 6.45) is 1.19. The number of hydrogen-bond donors (Lipinski definition) is 0. The summed E-state index contributed by atoms with van der Waals surface area (Å²) in [5, 5.41) is 2.12. The zero-order chi connectivity index (χ0) is 5.70. The van der Waals surface area contributed by atoms with Crippen LogP contribution in [0.2, 0.25) is 0 Å². The van der Waals surface area contributed by atoms with Crippen molar-refractivity contribution >= 4 is 47.8 Å². The van der Waals surface area contributed by atoms with Crippen molar-refractivity contribution in [3.63, 3.8) is 0 Å². The molecule has 0 bridgehead atoms. The van der Waals surface area contributed by atoms with Gasteiger partial charge in [-0.2, -0.15) is 0 Å². The van der Waals surface area contributed by atoms with Gasteiger partial charge in [0.2, 0.25) is 0 Å². The molecule has 0 unspecified atom stereocenters. The molecule has 0 aliphatic rings. The average Bonchev–Trinajstić information content (AvgIpc) is 1.68. The summed E-state index contributed by atoms with van der Waals surface area (Å²) < 4.78 is 0. The Morgan fingerprint density at radius 2 is 1.86 bits per heavy atom. The molecule has 0 radical (unpaired) electrons. The highest BCUT2D eigenvalue weighted by atomic mass is 79.9. The second kappa shape index (κ2) is 5.57. The zero-order valence-corrected chi connectivity index (χ0v) is 8.59. The molecular formula is C4H7Br3. The lowest BCUT2D eigenvalue weighted by molar-refractivity contribution is 0.956. The molecule has 0 spiro atoms. The predicted octanol–water partition coefficient (Wildman–Crippen LogP) is 2.93.